The monoisotopic (exact) mass is 130 g/mol. The highest BCUT2D eigenvalue weighted by Crippen LogP contribution is 2.16. The first kappa shape index (κ1) is 6.72. The first-order chi connectivity index (χ1) is 4.30. The second kappa shape index (κ2) is 2.95. The van der Waals surface area contributed by atoms with Crippen LogP contribution in [0.1, 0.15) is 32.1 Å². The fourth-order valence-corrected chi connectivity index (χ4v) is 1.12. The molecule has 2 heteroatoms. The lowest BCUT2D eigenvalue weighted by Crippen LogP contribution is -2.12. The number of ketones is 1. The molecular formula is C7H11FO. The summed E-state index contributed by atoms with van der Waals surface area (Å²) in [6, 6.07) is 0. The molecule has 52 valence electrons. The van der Waals surface area contributed by atoms with Crippen molar-refractivity contribution in [2.24, 2.45) is 0 Å². The third kappa shape index (κ3) is 1.77. The summed E-state index contributed by atoms with van der Waals surface area (Å²) in [5.74, 6) is -0.187. The number of Topliss-reactive ketones (excluding diaryl/α,β-unsaturated/α-hetero) is 1. The Balaban J connectivity index is 2.41. The Labute approximate surface area is 54.3 Å². The minimum atomic E-state index is -1.15. The van der Waals surface area contributed by atoms with Crippen LogP contribution < -0.4 is 0 Å². The summed E-state index contributed by atoms with van der Waals surface area (Å²) in [5.41, 5.74) is 0. The summed E-state index contributed by atoms with van der Waals surface area (Å²) in [4.78, 5) is 10.6. The zero-order valence-electron chi connectivity index (χ0n) is 5.40. The van der Waals surface area contributed by atoms with E-state index < -0.39 is 6.17 Å². The molecule has 0 radical (unpaired) electrons. The summed E-state index contributed by atoms with van der Waals surface area (Å²) in [6.07, 6.45) is 2.56. The average Bonchev–Trinajstić information content (AvgIpc) is 1.99. The summed E-state index contributed by atoms with van der Waals surface area (Å²) >= 11 is 0. The Hall–Kier alpha value is -0.400. The smallest absolute Gasteiger partial charge is 0.166 e. The summed E-state index contributed by atoms with van der Waals surface area (Å²) < 4.78 is 12.5. The number of carbonyl (C=O) groups excluding carboxylic acids is 1. The lowest BCUT2D eigenvalue weighted by Gasteiger charge is -1.98. The van der Waals surface area contributed by atoms with Crippen molar-refractivity contribution < 1.29 is 9.18 Å². The normalized spacial score (nSPS) is 29.9. The first-order valence-electron chi connectivity index (χ1n) is 3.47. The van der Waals surface area contributed by atoms with Crippen LogP contribution in [-0.4, -0.2) is 12.0 Å². The van der Waals surface area contributed by atoms with Gasteiger partial charge in [-0.3, -0.25) is 4.79 Å². The van der Waals surface area contributed by atoms with E-state index in [0.717, 1.165) is 19.3 Å². The molecule has 0 aromatic rings. The van der Waals surface area contributed by atoms with Crippen LogP contribution in [0.2, 0.25) is 0 Å². The molecule has 0 bridgehead atoms. The van der Waals surface area contributed by atoms with E-state index in [1.54, 1.807) is 0 Å². The topological polar surface area (TPSA) is 17.1 Å². The molecule has 1 rings (SSSR count). The van der Waals surface area contributed by atoms with Crippen LogP contribution >= 0.6 is 0 Å². The molecule has 0 amide bonds. The van der Waals surface area contributed by atoms with Gasteiger partial charge in [-0.2, -0.15) is 0 Å². The van der Waals surface area contributed by atoms with Crippen LogP contribution in [0, 0.1) is 0 Å². The number of carbonyl (C=O) groups is 1. The number of halogens is 1. The standard InChI is InChI=1S/C7H11FO/c8-6-4-2-1-3-5-7(6)9/h6H,1-5H2/t6-/m1/s1. The third-order valence-corrected chi connectivity index (χ3v) is 1.73. The number of rotatable bonds is 0. The van der Waals surface area contributed by atoms with Gasteiger partial charge in [0.2, 0.25) is 0 Å². The van der Waals surface area contributed by atoms with E-state index in [0.29, 0.717) is 12.8 Å². The van der Waals surface area contributed by atoms with E-state index in [2.05, 4.69) is 0 Å². The summed E-state index contributed by atoms with van der Waals surface area (Å²) in [7, 11) is 0. The van der Waals surface area contributed by atoms with Gasteiger partial charge >= 0.3 is 0 Å². The molecule has 0 heterocycles. The van der Waals surface area contributed by atoms with Gasteiger partial charge < -0.3 is 0 Å². The lowest BCUT2D eigenvalue weighted by molar-refractivity contribution is -0.123. The van der Waals surface area contributed by atoms with Crippen molar-refractivity contribution in [2.45, 2.75) is 38.3 Å². The highest BCUT2D eigenvalue weighted by atomic mass is 19.1. The van der Waals surface area contributed by atoms with Crippen molar-refractivity contribution in [3.05, 3.63) is 0 Å². The van der Waals surface area contributed by atoms with Crippen molar-refractivity contribution in [1.82, 2.24) is 0 Å². The average molecular weight is 130 g/mol. The maximum atomic E-state index is 12.5. The van der Waals surface area contributed by atoms with Gasteiger partial charge in [0.1, 0.15) is 0 Å². The van der Waals surface area contributed by atoms with Gasteiger partial charge in [-0.05, 0) is 12.8 Å². The van der Waals surface area contributed by atoms with E-state index in [1.165, 1.54) is 0 Å². The first-order valence-corrected chi connectivity index (χ1v) is 3.47. The molecule has 1 nitrogen and oxygen atoms in total. The minimum Gasteiger partial charge on any atom is -0.296 e. The third-order valence-electron chi connectivity index (χ3n) is 1.73. The minimum absolute atomic E-state index is 0.187. The van der Waals surface area contributed by atoms with E-state index in [-0.39, 0.29) is 5.78 Å². The highest BCUT2D eigenvalue weighted by Gasteiger charge is 2.18. The zero-order valence-corrected chi connectivity index (χ0v) is 5.40. The molecule has 1 atom stereocenters. The largest absolute Gasteiger partial charge is 0.296 e. The van der Waals surface area contributed by atoms with Crippen LogP contribution in [0.15, 0.2) is 0 Å². The fourth-order valence-electron chi connectivity index (χ4n) is 1.12. The van der Waals surface area contributed by atoms with Crippen LogP contribution in [0.5, 0.6) is 0 Å². The Morgan fingerprint density at radius 3 is 2.89 bits per heavy atom. The molecule has 0 aromatic carbocycles. The van der Waals surface area contributed by atoms with E-state index in [9.17, 15) is 9.18 Å². The van der Waals surface area contributed by atoms with Crippen molar-refractivity contribution in [3.63, 3.8) is 0 Å². The lowest BCUT2D eigenvalue weighted by atomic mass is 10.2. The maximum absolute atomic E-state index is 12.5. The van der Waals surface area contributed by atoms with Gasteiger partial charge in [0, 0.05) is 6.42 Å². The quantitative estimate of drug-likeness (QED) is 0.457. The van der Waals surface area contributed by atoms with Gasteiger partial charge in [0.25, 0.3) is 0 Å². The molecule has 0 spiro atoms. The fraction of sp³-hybridized carbons (Fsp3) is 0.857. The predicted molar refractivity (Wildman–Crippen MR) is 33.0 cm³/mol. The summed E-state index contributed by atoms with van der Waals surface area (Å²) in [5, 5.41) is 0. The molecule has 1 aliphatic carbocycles. The molecule has 0 aliphatic heterocycles. The van der Waals surface area contributed by atoms with Gasteiger partial charge in [0.05, 0.1) is 0 Å². The molecule has 1 aliphatic rings. The number of hydrogen-bond donors (Lipinski definition) is 0. The van der Waals surface area contributed by atoms with Crippen LogP contribution in [0.25, 0.3) is 0 Å². The number of hydrogen-bond acceptors (Lipinski definition) is 1. The van der Waals surface area contributed by atoms with Gasteiger partial charge in [-0.15, -0.1) is 0 Å². The Morgan fingerprint density at radius 2 is 2.11 bits per heavy atom. The molecule has 0 saturated heterocycles. The summed E-state index contributed by atoms with van der Waals surface area (Å²) in [6.45, 7) is 0. The molecule has 9 heavy (non-hydrogen) atoms. The second-order valence-corrected chi connectivity index (χ2v) is 2.53. The van der Waals surface area contributed by atoms with Crippen molar-refractivity contribution >= 4 is 5.78 Å². The SMILES string of the molecule is O=C1CCCCC[C@H]1F. The maximum Gasteiger partial charge on any atom is 0.166 e. The molecule has 0 N–H and O–H groups in total. The van der Waals surface area contributed by atoms with Crippen molar-refractivity contribution in [2.75, 3.05) is 0 Å². The molecule has 0 aromatic heterocycles. The molecule has 1 saturated carbocycles. The molecule has 1 fully saturated rings. The van der Waals surface area contributed by atoms with Crippen LogP contribution in [0.4, 0.5) is 4.39 Å². The van der Waals surface area contributed by atoms with Gasteiger partial charge in [-0.1, -0.05) is 12.8 Å². The molecular weight excluding hydrogens is 119 g/mol. The van der Waals surface area contributed by atoms with E-state index >= 15 is 0 Å². The van der Waals surface area contributed by atoms with Crippen molar-refractivity contribution in [1.29, 1.82) is 0 Å². The zero-order chi connectivity index (χ0) is 6.69. The predicted octanol–water partition coefficient (Wildman–Crippen LogP) is 1.86. The Kier molecular flexibility index (Phi) is 2.20. The van der Waals surface area contributed by atoms with Crippen LogP contribution in [0.3, 0.4) is 0 Å². The van der Waals surface area contributed by atoms with Gasteiger partial charge in [-0.25, -0.2) is 4.39 Å². The number of alkyl halides is 1. The van der Waals surface area contributed by atoms with E-state index in [1.807, 2.05) is 0 Å². The van der Waals surface area contributed by atoms with E-state index in [4.69, 9.17) is 0 Å². The Morgan fingerprint density at radius 1 is 1.33 bits per heavy atom. The molecule has 0 unspecified atom stereocenters. The van der Waals surface area contributed by atoms with Gasteiger partial charge in [0.15, 0.2) is 12.0 Å². The van der Waals surface area contributed by atoms with Crippen molar-refractivity contribution in [3.8, 4) is 0 Å². The van der Waals surface area contributed by atoms with Crippen LogP contribution in [-0.2, 0) is 4.79 Å². The highest BCUT2D eigenvalue weighted by molar-refractivity contribution is 5.83. The Bertz CT molecular complexity index is 111. The second-order valence-electron chi connectivity index (χ2n) is 2.53.